The zero-order chi connectivity index (χ0) is 23.4. The molecule has 13 nitrogen and oxygen atoms in total. The lowest BCUT2D eigenvalue weighted by Gasteiger charge is -2.16. The summed E-state index contributed by atoms with van der Waals surface area (Å²) < 4.78 is 7.02. The minimum atomic E-state index is -1.46. The monoisotopic (exact) mass is 456 g/mol. The summed E-state index contributed by atoms with van der Waals surface area (Å²) in [6.45, 7) is 0.552. The van der Waals surface area contributed by atoms with Crippen molar-refractivity contribution in [2.75, 3.05) is 24.1 Å². The van der Waals surface area contributed by atoms with Crippen LogP contribution in [0.4, 0.5) is 16.3 Å². The van der Waals surface area contributed by atoms with E-state index in [4.69, 9.17) is 10.5 Å². The zero-order valence-electron chi connectivity index (χ0n) is 17.5. The molecule has 1 fully saturated rings. The summed E-state index contributed by atoms with van der Waals surface area (Å²) in [7, 11) is 0. The highest BCUT2D eigenvalue weighted by Crippen LogP contribution is 2.32. The number of anilines is 2. The van der Waals surface area contributed by atoms with Gasteiger partial charge in [-0.25, -0.2) is 19.7 Å². The van der Waals surface area contributed by atoms with Crippen LogP contribution in [-0.2, 0) is 9.53 Å². The van der Waals surface area contributed by atoms with Crippen LogP contribution >= 0.6 is 0 Å². The number of nitrogens with two attached hydrogens (primary N) is 1. The second-order valence-corrected chi connectivity index (χ2v) is 7.40. The third-order valence-corrected chi connectivity index (χ3v) is 5.13. The van der Waals surface area contributed by atoms with E-state index in [2.05, 4.69) is 30.9 Å². The number of rotatable bonds is 7. The number of nitrogens with zero attached hydrogens (tertiary/aromatic N) is 4. The molecule has 1 aliphatic rings. The predicted molar refractivity (Wildman–Crippen MR) is 117 cm³/mol. The van der Waals surface area contributed by atoms with Crippen LogP contribution in [0, 0.1) is 0 Å². The van der Waals surface area contributed by atoms with Gasteiger partial charge in [0.2, 0.25) is 0 Å². The van der Waals surface area contributed by atoms with Crippen molar-refractivity contribution >= 4 is 34.6 Å². The van der Waals surface area contributed by atoms with E-state index < -0.39 is 30.4 Å². The van der Waals surface area contributed by atoms with Gasteiger partial charge < -0.3 is 36.6 Å². The Morgan fingerprint density at radius 3 is 2.61 bits per heavy atom. The number of fused-ring (bicyclic) bond motifs is 1. The van der Waals surface area contributed by atoms with Crippen molar-refractivity contribution in [2.24, 2.45) is 0 Å². The Balaban J connectivity index is 1.25. The van der Waals surface area contributed by atoms with Gasteiger partial charge in [0, 0.05) is 18.8 Å². The number of urea groups is 1. The van der Waals surface area contributed by atoms with Gasteiger partial charge in [0.15, 0.2) is 23.8 Å². The van der Waals surface area contributed by atoms with Crippen LogP contribution in [0.5, 0.6) is 0 Å². The van der Waals surface area contributed by atoms with E-state index in [9.17, 15) is 19.8 Å². The third kappa shape index (κ3) is 4.84. The van der Waals surface area contributed by atoms with E-state index in [-0.39, 0.29) is 18.4 Å². The van der Waals surface area contributed by atoms with Crippen LogP contribution in [0.15, 0.2) is 43.0 Å². The first-order chi connectivity index (χ1) is 16.0. The average molecular weight is 456 g/mol. The Hall–Kier alpha value is -3.81. The highest BCUT2D eigenvalue weighted by atomic mass is 16.6. The molecule has 1 saturated heterocycles. The lowest BCUT2D eigenvalue weighted by Crippen LogP contribution is -2.43. The first-order valence-electron chi connectivity index (χ1n) is 10.3. The van der Waals surface area contributed by atoms with E-state index in [1.165, 1.54) is 17.2 Å². The largest absolute Gasteiger partial charge is 0.387 e. The SMILES string of the molecule is Nc1ncnc2c1ncn2[C@@H]1O[C@H](C(=O)NCCCNC(=O)Nc2ccccc2)[C@@H](O)[C@H]1O. The predicted octanol–water partition coefficient (Wildman–Crippen LogP) is -0.644. The fourth-order valence-corrected chi connectivity index (χ4v) is 3.46. The van der Waals surface area contributed by atoms with Gasteiger partial charge in [-0.2, -0.15) is 0 Å². The molecule has 7 N–H and O–H groups in total. The molecule has 1 aromatic carbocycles. The molecule has 3 heterocycles. The number of hydrogen-bond donors (Lipinski definition) is 6. The first kappa shape index (κ1) is 22.4. The van der Waals surface area contributed by atoms with Gasteiger partial charge >= 0.3 is 6.03 Å². The summed E-state index contributed by atoms with van der Waals surface area (Å²) in [6, 6.07) is 8.64. The molecule has 174 valence electrons. The fourth-order valence-electron chi connectivity index (χ4n) is 3.46. The Kier molecular flexibility index (Phi) is 6.63. The van der Waals surface area contributed by atoms with Gasteiger partial charge in [0.25, 0.3) is 5.91 Å². The van der Waals surface area contributed by atoms with Gasteiger partial charge in [-0.15, -0.1) is 0 Å². The molecule has 3 amide bonds. The maximum atomic E-state index is 12.5. The van der Waals surface area contributed by atoms with Crippen LogP contribution in [0.25, 0.3) is 11.2 Å². The standard InChI is InChI=1S/C20H24N8O5/c21-16-12-17(25-9-24-16)28(10-26-12)19-14(30)13(29)15(33-19)18(31)22-7-4-8-23-20(32)27-11-5-2-1-3-6-11/h1-3,5-6,9-10,13-15,19,29-30H,4,7-8H2,(H,22,31)(H2,21,24,25)(H2,23,27,32)/t13-,14+,15-,19+/m0/s1. The van der Waals surface area contributed by atoms with Gasteiger partial charge in [0.1, 0.15) is 24.1 Å². The number of imidazole rings is 1. The van der Waals surface area contributed by atoms with Gasteiger partial charge in [0.05, 0.1) is 6.33 Å². The number of nitrogens with one attached hydrogen (secondary N) is 3. The van der Waals surface area contributed by atoms with Crippen LogP contribution in [-0.4, -0.2) is 73.1 Å². The van der Waals surface area contributed by atoms with E-state index in [0.29, 0.717) is 29.8 Å². The number of amides is 3. The van der Waals surface area contributed by atoms with E-state index in [0.717, 1.165) is 0 Å². The van der Waals surface area contributed by atoms with Crippen molar-refractivity contribution in [2.45, 2.75) is 31.0 Å². The molecule has 33 heavy (non-hydrogen) atoms. The van der Waals surface area contributed by atoms with Crippen LogP contribution in [0.2, 0.25) is 0 Å². The molecular weight excluding hydrogens is 432 g/mol. The van der Waals surface area contributed by atoms with E-state index in [1.807, 2.05) is 18.2 Å². The van der Waals surface area contributed by atoms with Crippen molar-refractivity contribution in [1.29, 1.82) is 0 Å². The van der Waals surface area contributed by atoms with Crippen molar-refractivity contribution in [3.05, 3.63) is 43.0 Å². The quantitative estimate of drug-likeness (QED) is 0.251. The van der Waals surface area contributed by atoms with Crippen molar-refractivity contribution in [1.82, 2.24) is 30.2 Å². The molecule has 4 rings (SSSR count). The molecule has 13 heteroatoms. The Labute approximate surface area is 188 Å². The first-order valence-corrected chi connectivity index (χ1v) is 10.3. The maximum Gasteiger partial charge on any atom is 0.319 e. The zero-order valence-corrected chi connectivity index (χ0v) is 17.5. The van der Waals surface area contributed by atoms with Crippen molar-refractivity contribution in [3.63, 3.8) is 0 Å². The number of ether oxygens (including phenoxy) is 1. The Morgan fingerprint density at radius 1 is 1.06 bits per heavy atom. The number of carbonyl (C=O) groups excluding carboxylic acids is 2. The molecule has 2 aromatic heterocycles. The van der Waals surface area contributed by atoms with Crippen molar-refractivity contribution in [3.8, 4) is 0 Å². The minimum Gasteiger partial charge on any atom is -0.387 e. The Bertz CT molecular complexity index is 1120. The number of aliphatic hydroxyl groups excluding tert-OH is 2. The number of aliphatic hydroxyl groups is 2. The summed E-state index contributed by atoms with van der Waals surface area (Å²) in [5.41, 5.74) is 7.06. The summed E-state index contributed by atoms with van der Waals surface area (Å²) in [5, 5.41) is 28.8. The fraction of sp³-hybridized carbons (Fsp3) is 0.350. The number of carbonyl (C=O) groups is 2. The molecule has 0 unspecified atom stereocenters. The van der Waals surface area contributed by atoms with E-state index >= 15 is 0 Å². The number of para-hydroxylation sites is 1. The third-order valence-electron chi connectivity index (χ3n) is 5.13. The molecule has 3 aromatic rings. The number of benzene rings is 1. The Morgan fingerprint density at radius 2 is 1.82 bits per heavy atom. The number of hydrogen-bond acceptors (Lipinski definition) is 9. The second-order valence-electron chi connectivity index (χ2n) is 7.40. The maximum absolute atomic E-state index is 12.5. The average Bonchev–Trinajstić information content (AvgIpc) is 3.36. The van der Waals surface area contributed by atoms with Crippen molar-refractivity contribution < 1.29 is 24.5 Å². The lowest BCUT2D eigenvalue weighted by molar-refractivity contribution is -0.137. The number of aromatic nitrogens is 4. The molecule has 1 aliphatic heterocycles. The molecule has 0 aliphatic carbocycles. The number of nitrogen functional groups attached to an aromatic ring is 1. The minimum absolute atomic E-state index is 0.159. The molecular formula is C20H24N8O5. The summed E-state index contributed by atoms with van der Waals surface area (Å²) in [6.07, 6.45) is -2.19. The summed E-state index contributed by atoms with van der Waals surface area (Å²) in [4.78, 5) is 36.4. The molecule has 0 bridgehead atoms. The smallest absolute Gasteiger partial charge is 0.319 e. The van der Waals surface area contributed by atoms with Gasteiger partial charge in [-0.1, -0.05) is 18.2 Å². The molecule has 0 saturated carbocycles. The van der Waals surface area contributed by atoms with Gasteiger partial charge in [-0.3, -0.25) is 9.36 Å². The second kappa shape index (κ2) is 9.77. The molecule has 0 spiro atoms. The summed E-state index contributed by atoms with van der Waals surface area (Å²) in [5.74, 6) is -0.427. The molecule has 4 atom stereocenters. The highest BCUT2D eigenvalue weighted by Gasteiger charge is 2.47. The summed E-state index contributed by atoms with van der Waals surface area (Å²) >= 11 is 0. The van der Waals surface area contributed by atoms with Crippen LogP contribution < -0.4 is 21.7 Å². The van der Waals surface area contributed by atoms with Crippen LogP contribution in [0.1, 0.15) is 12.6 Å². The highest BCUT2D eigenvalue weighted by molar-refractivity contribution is 5.89. The normalized spacial score (nSPS) is 22.2. The van der Waals surface area contributed by atoms with Crippen LogP contribution in [0.3, 0.4) is 0 Å². The molecule has 0 radical (unpaired) electrons. The van der Waals surface area contributed by atoms with Gasteiger partial charge in [-0.05, 0) is 18.6 Å². The lowest BCUT2D eigenvalue weighted by atomic mass is 10.1. The topological polar surface area (TPSA) is 190 Å². The van der Waals surface area contributed by atoms with E-state index in [1.54, 1.807) is 12.1 Å².